The van der Waals surface area contributed by atoms with Crippen molar-refractivity contribution in [3.8, 4) is 0 Å². The van der Waals surface area contributed by atoms with E-state index in [4.69, 9.17) is 23.2 Å². The molecule has 0 bridgehead atoms. The molecule has 1 unspecified atom stereocenters. The highest BCUT2D eigenvalue weighted by atomic mass is 35.5. The Morgan fingerprint density at radius 1 is 1.33 bits per heavy atom. The number of rotatable bonds is 4. The van der Waals surface area contributed by atoms with Crippen LogP contribution in [0.4, 0.5) is 0 Å². The monoisotopic (exact) mass is 328 g/mol. The molecule has 1 aliphatic rings. The summed E-state index contributed by atoms with van der Waals surface area (Å²) in [5.74, 6) is 0.709. The number of nitrogens with one attached hydrogen (secondary N) is 1. The molecule has 2 rings (SSSR count). The smallest absolute Gasteiger partial charge is 0.0452 e. The minimum absolute atomic E-state index is 0.124. The summed E-state index contributed by atoms with van der Waals surface area (Å²) in [5, 5.41) is 5.23. The minimum Gasteiger partial charge on any atom is -0.311 e. The molecule has 1 aliphatic heterocycles. The fraction of sp³-hybridized carbons (Fsp3) is 0.647. The van der Waals surface area contributed by atoms with Crippen LogP contribution in [0.5, 0.6) is 0 Å². The number of hydrogen-bond donors (Lipinski definition) is 1. The molecule has 1 heterocycles. The van der Waals surface area contributed by atoms with Crippen LogP contribution in [0.2, 0.25) is 10.0 Å². The van der Waals surface area contributed by atoms with Crippen molar-refractivity contribution in [3.05, 3.63) is 33.8 Å². The van der Waals surface area contributed by atoms with Crippen molar-refractivity contribution >= 4 is 23.2 Å². The molecule has 1 atom stereocenters. The third kappa shape index (κ3) is 4.59. The van der Waals surface area contributed by atoms with Gasteiger partial charge in [0.2, 0.25) is 0 Å². The fourth-order valence-electron chi connectivity index (χ4n) is 2.96. The summed E-state index contributed by atoms with van der Waals surface area (Å²) < 4.78 is 0. The summed E-state index contributed by atoms with van der Waals surface area (Å²) in [6.45, 7) is 12.0. The summed E-state index contributed by atoms with van der Waals surface area (Å²) in [4.78, 5) is 2.52. The molecule has 1 fully saturated rings. The van der Waals surface area contributed by atoms with Gasteiger partial charge in [0, 0.05) is 41.3 Å². The van der Waals surface area contributed by atoms with E-state index in [0.717, 1.165) is 35.2 Å². The van der Waals surface area contributed by atoms with Crippen LogP contribution in [0.3, 0.4) is 0 Å². The third-order valence-corrected chi connectivity index (χ3v) is 4.85. The zero-order chi connectivity index (χ0) is 15.6. The standard InChI is InChI=1S/C17H26Cl2N2/c1-12(2)7-15-10-21(17(3,4)11-20-15)9-13-8-14(18)5-6-16(13)19/h5-6,8,12,15,20H,7,9-11H2,1-4H3. The van der Waals surface area contributed by atoms with Crippen molar-refractivity contribution in [1.82, 2.24) is 10.2 Å². The molecule has 0 aliphatic carbocycles. The molecule has 1 aromatic rings. The van der Waals surface area contributed by atoms with Gasteiger partial charge >= 0.3 is 0 Å². The Labute approximate surface area is 138 Å². The summed E-state index contributed by atoms with van der Waals surface area (Å²) in [6.07, 6.45) is 1.20. The van der Waals surface area contributed by atoms with E-state index >= 15 is 0 Å². The first kappa shape index (κ1) is 17.1. The summed E-state index contributed by atoms with van der Waals surface area (Å²) in [5.41, 5.74) is 1.24. The minimum atomic E-state index is 0.124. The second-order valence-electron chi connectivity index (χ2n) is 7.14. The molecule has 0 saturated carbocycles. The van der Waals surface area contributed by atoms with Crippen LogP contribution >= 0.6 is 23.2 Å². The predicted molar refractivity (Wildman–Crippen MR) is 92.2 cm³/mol. The first-order valence-corrected chi connectivity index (χ1v) is 8.46. The van der Waals surface area contributed by atoms with Crippen LogP contribution in [0, 0.1) is 5.92 Å². The van der Waals surface area contributed by atoms with Gasteiger partial charge in [0.15, 0.2) is 0 Å². The largest absolute Gasteiger partial charge is 0.311 e. The molecule has 1 aromatic carbocycles. The second-order valence-corrected chi connectivity index (χ2v) is 7.98. The molecule has 0 spiro atoms. The van der Waals surface area contributed by atoms with E-state index in [1.165, 1.54) is 6.42 Å². The molecule has 1 N–H and O–H groups in total. The lowest BCUT2D eigenvalue weighted by Crippen LogP contribution is -2.61. The molecule has 2 nitrogen and oxygen atoms in total. The molecule has 21 heavy (non-hydrogen) atoms. The number of nitrogens with zero attached hydrogens (tertiary/aromatic N) is 1. The Balaban J connectivity index is 2.12. The van der Waals surface area contributed by atoms with Gasteiger partial charge in [-0.2, -0.15) is 0 Å². The normalized spacial score (nSPS) is 22.7. The molecule has 118 valence electrons. The molecule has 4 heteroatoms. The first-order valence-electron chi connectivity index (χ1n) is 7.70. The Kier molecular flexibility index (Phi) is 5.59. The van der Waals surface area contributed by atoms with Crippen molar-refractivity contribution in [2.45, 2.75) is 52.2 Å². The Morgan fingerprint density at radius 3 is 2.71 bits per heavy atom. The lowest BCUT2D eigenvalue weighted by molar-refractivity contribution is 0.0536. The van der Waals surface area contributed by atoms with Crippen molar-refractivity contribution < 1.29 is 0 Å². The van der Waals surface area contributed by atoms with Gasteiger partial charge in [-0.1, -0.05) is 37.0 Å². The van der Waals surface area contributed by atoms with E-state index in [1.807, 2.05) is 18.2 Å². The van der Waals surface area contributed by atoms with Crippen molar-refractivity contribution in [2.75, 3.05) is 13.1 Å². The number of piperazine rings is 1. The van der Waals surface area contributed by atoms with Crippen LogP contribution in [-0.2, 0) is 6.54 Å². The highest BCUT2D eigenvalue weighted by molar-refractivity contribution is 6.33. The highest BCUT2D eigenvalue weighted by Gasteiger charge is 2.34. The van der Waals surface area contributed by atoms with E-state index in [2.05, 4.69) is 37.9 Å². The van der Waals surface area contributed by atoms with Crippen molar-refractivity contribution in [1.29, 1.82) is 0 Å². The van der Waals surface area contributed by atoms with Crippen molar-refractivity contribution in [2.24, 2.45) is 5.92 Å². The van der Waals surface area contributed by atoms with Gasteiger partial charge in [0.05, 0.1) is 0 Å². The highest BCUT2D eigenvalue weighted by Crippen LogP contribution is 2.27. The molecule has 0 radical (unpaired) electrons. The maximum Gasteiger partial charge on any atom is 0.0452 e. The molecule has 0 amide bonds. The maximum atomic E-state index is 6.33. The Morgan fingerprint density at radius 2 is 2.05 bits per heavy atom. The number of halogens is 2. The first-order chi connectivity index (χ1) is 9.78. The molecule has 1 saturated heterocycles. The van der Waals surface area contributed by atoms with E-state index in [9.17, 15) is 0 Å². The lowest BCUT2D eigenvalue weighted by atomic mass is 9.93. The summed E-state index contributed by atoms with van der Waals surface area (Å²) in [7, 11) is 0. The van der Waals surface area contributed by atoms with Crippen molar-refractivity contribution in [3.63, 3.8) is 0 Å². The molecular weight excluding hydrogens is 303 g/mol. The van der Waals surface area contributed by atoms with E-state index in [1.54, 1.807) is 0 Å². The molecule has 0 aromatic heterocycles. The average Bonchev–Trinajstić information content (AvgIpc) is 2.37. The number of hydrogen-bond acceptors (Lipinski definition) is 2. The quantitative estimate of drug-likeness (QED) is 0.869. The van der Waals surface area contributed by atoms with Crippen LogP contribution in [0.1, 0.15) is 39.7 Å². The summed E-state index contributed by atoms with van der Waals surface area (Å²) in [6, 6.07) is 6.27. The van der Waals surface area contributed by atoms with Gasteiger partial charge in [0.1, 0.15) is 0 Å². The van der Waals surface area contributed by atoms with Crippen LogP contribution in [0.15, 0.2) is 18.2 Å². The van der Waals surface area contributed by atoms with Crippen LogP contribution < -0.4 is 5.32 Å². The van der Waals surface area contributed by atoms with Gasteiger partial charge in [-0.15, -0.1) is 0 Å². The van der Waals surface area contributed by atoms with E-state index in [-0.39, 0.29) is 5.54 Å². The topological polar surface area (TPSA) is 15.3 Å². The predicted octanol–water partition coefficient (Wildman–Crippen LogP) is 4.59. The fourth-order valence-corrected chi connectivity index (χ4v) is 3.33. The van der Waals surface area contributed by atoms with Gasteiger partial charge < -0.3 is 5.32 Å². The van der Waals surface area contributed by atoms with Gasteiger partial charge in [-0.25, -0.2) is 0 Å². The average molecular weight is 329 g/mol. The Bertz CT molecular complexity index is 486. The third-order valence-electron chi connectivity index (χ3n) is 4.25. The SMILES string of the molecule is CC(C)CC1CN(Cc2cc(Cl)ccc2Cl)C(C)(C)CN1. The molecular formula is C17H26Cl2N2. The number of benzene rings is 1. The Hall–Kier alpha value is -0.280. The van der Waals surface area contributed by atoms with Gasteiger partial charge in [0.25, 0.3) is 0 Å². The zero-order valence-electron chi connectivity index (χ0n) is 13.4. The van der Waals surface area contributed by atoms with Gasteiger partial charge in [-0.3, -0.25) is 4.90 Å². The van der Waals surface area contributed by atoms with E-state index < -0.39 is 0 Å². The maximum absolute atomic E-state index is 6.33. The lowest BCUT2D eigenvalue weighted by Gasteiger charge is -2.46. The zero-order valence-corrected chi connectivity index (χ0v) is 14.9. The van der Waals surface area contributed by atoms with Crippen LogP contribution in [0.25, 0.3) is 0 Å². The van der Waals surface area contributed by atoms with Crippen LogP contribution in [-0.4, -0.2) is 29.6 Å². The van der Waals surface area contributed by atoms with Gasteiger partial charge in [-0.05, 0) is 49.9 Å². The second kappa shape index (κ2) is 6.87. The summed E-state index contributed by atoms with van der Waals surface area (Å²) >= 11 is 12.4. The van der Waals surface area contributed by atoms with E-state index in [0.29, 0.717) is 12.0 Å².